The number of anilines is 1. The molecule has 2 aromatic carbocycles. The first-order valence-electron chi connectivity index (χ1n) is 9.93. The minimum absolute atomic E-state index is 0.0286. The zero-order chi connectivity index (χ0) is 20.2. The summed E-state index contributed by atoms with van der Waals surface area (Å²) in [4.78, 5) is 17.0. The predicted molar refractivity (Wildman–Crippen MR) is 111 cm³/mol. The zero-order valence-corrected chi connectivity index (χ0v) is 16.9. The number of carbonyl (C=O) groups is 1. The molecular formula is C22H27N3O4. The van der Waals surface area contributed by atoms with Gasteiger partial charge in [-0.15, -0.1) is 0 Å². The topological polar surface area (TPSA) is 63.3 Å². The highest BCUT2D eigenvalue weighted by atomic mass is 16.7. The maximum absolute atomic E-state index is 12.5. The molecule has 1 fully saturated rings. The van der Waals surface area contributed by atoms with E-state index in [1.165, 1.54) is 0 Å². The average molecular weight is 397 g/mol. The van der Waals surface area contributed by atoms with E-state index < -0.39 is 0 Å². The number of benzene rings is 2. The molecule has 4 rings (SSSR count). The zero-order valence-electron chi connectivity index (χ0n) is 16.9. The van der Waals surface area contributed by atoms with Crippen LogP contribution in [0, 0.1) is 0 Å². The van der Waals surface area contributed by atoms with Gasteiger partial charge in [0.05, 0.1) is 25.4 Å². The minimum atomic E-state index is -0.0909. The van der Waals surface area contributed by atoms with Crippen molar-refractivity contribution in [3.8, 4) is 17.2 Å². The first-order chi connectivity index (χ1) is 14.1. The van der Waals surface area contributed by atoms with Crippen LogP contribution in [0.5, 0.6) is 17.2 Å². The first kappa shape index (κ1) is 19.4. The molecule has 2 heterocycles. The standard InChI is InChI=1S/C22H27N3O4/c1-16(17-7-8-20-21(13-17)29-15-28-20)23-22(26)14-24-9-11-25(12-10-24)18-5-3-4-6-19(18)27-2/h3-8,13,16H,9-12,14-15H2,1-2H3,(H,23,26)/t16-/m1/s1. The van der Waals surface area contributed by atoms with Crippen molar-refractivity contribution in [2.75, 3.05) is 51.5 Å². The molecule has 7 nitrogen and oxygen atoms in total. The van der Waals surface area contributed by atoms with Crippen LogP contribution in [0.25, 0.3) is 0 Å². The number of carbonyl (C=O) groups excluding carboxylic acids is 1. The van der Waals surface area contributed by atoms with Crippen LogP contribution >= 0.6 is 0 Å². The van der Waals surface area contributed by atoms with E-state index in [4.69, 9.17) is 14.2 Å². The molecule has 0 radical (unpaired) electrons. The number of hydrogen-bond acceptors (Lipinski definition) is 6. The second-order valence-corrected chi connectivity index (χ2v) is 7.34. The molecule has 0 unspecified atom stereocenters. The van der Waals surface area contributed by atoms with Crippen molar-refractivity contribution >= 4 is 11.6 Å². The van der Waals surface area contributed by atoms with E-state index in [9.17, 15) is 4.79 Å². The Balaban J connectivity index is 1.27. The highest BCUT2D eigenvalue weighted by Crippen LogP contribution is 2.34. The molecule has 0 spiro atoms. The number of nitrogens with one attached hydrogen (secondary N) is 1. The third-order valence-corrected chi connectivity index (χ3v) is 5.44. The lowest BCUT2D eigenvalue weighted by Gasteiger charge is -2.36. The van der Waals surface area contributed by atoms with Crippen LogP contribution in [0.4, 0.5) is 5.69 Å². The largest absolute Gasteiger partial charge is 0.495 e. The molecule has 1 atom stereocenters. The summed E-state index contributed by atoms with van der Waals surface area (Å²) < 4.78 is 16.2. The Kier molecular flexibility index (Phi) is 5.76. The smallest absolute Gasteiger partial charge is 0.234 e. The maximum atomic E-state index is 12.5. The van der Waals surface area contributed by atoms with Gasteiger partial charge < -0.3 is 24.4 Å². The van der Waals surface area contributed by atoms with Crippen molar-refractivity contribution in [3.05, 3.63) is 48.0 Å². The molecule has 2 aromatic rings. The first-order valence-corrected chi connectivity index (χ1v) is 9.93. The Morgan fingerprint density at radius 1 is 1.10 bits per heavy atom. The van der Waals surface area contributed by atoms with Crippen molar-refractivity contribution in [3.63, 3.8) is 0 Å². The SMILES string of the molecule is COc1ccccc1N1CCN(CC(=O)N[C@H](C)c2ccc3c(c2)OCO3)CC1. The molecule has 2 aliphatic rings. The number of piperazine rings is 1. The van der Waals surface area contributed by atoms with Gasteiger partial charge in [0.2, 0.25) is 12.7 Å². The summed E-state index contributed by atoms with van der Waals surface area (Å²) >= 11 is 0. The minimum Gasteiger partial charge on any atom is -0.495 e. The third-order valence-electron chi connectivity index (χ3n) is 5.44. The van der Waals surface area contributed by atoms with Crippen LogP contribution in [0.1, 0.15) is 18.5 Å². The highest BCUT2D eigenvalue weighted by molar-refractivity contribution is 5.78. The number of rotatable bonds is 6. The predicted octanol–water partition coefficient (Wildman–Crippen LogP) is 2.42. The molecule has 0 aliphatic carbocycles. The van der Waals surface area contributed by atoms with Crippen molar-refractivity contribution in [1.82, 2.24) is 10.2 Å². The molecule has 1 N–H and O–H groups in total. The molecule has 29 heavy (non-hydrogen) atoms. The number of ether oxygens (including phenoxy) is 3. The van der Waals surface area contributed by atoms with E-state index in [0.29, 0.717) is 6.54 Å². The lowest BCUT2D eigenvalue weighted by molar-refractivity contribution is -0.123. The Hall–Kier alpha value is -2.93. The van der Waals surface area contributed by atoms with Gasteiger partial charge in [0.25, 0.3) is 0 Å². The van der Waals surface area contributed by atoms with Gasteiger partial charge in [-0.25, -0.2) is 0 Å². The quantitative estimate of drug-likeness (QED) is 0.808. The molecule has 2 aliphatic heterocycles. The van der Waals surface area contributed by atoms with Crippen LogP contribution in [0.3, 0.4) is 0 Å². The summed E-state index contributed by atoms with van der Waals surface area (Å²) in [5.74, 6) is 2.40. The van der Waals surface area contributed by atoms with Crippen LogP contribution in [0.15, 0.2) is 42.5 Å². The second-order valence-electron chi connectivity index (χ2n) is 7.34. The van der Waals surface area contributed by atoms with Gasteiger partial charge in [0, 0.05) is 26.2 Å². The van der Waals surface area contributed by atoms with Gasteiger partial charge in [0.1, 0.15) is 5.75 Å². The molecule has 1 saturated heterocycles. The molecule has 0 bridgehead atoms. The Morgan fingerprint density at radius 2 is 1.86 bits per heavy atom. The van der Waals surface area contributed by atoms with Crippen molar-refractivity contribution in [2.45, 2.75) is 13.0 Å². The number of fused-ring (bicyclic) bond motifs is 1. The van der Waals surface area contributed by atoms with Crippen LogP contribution in [-0.4, -0.2) is 57.4 Å². The van der Waals surface area contributed by atoms with Crippen LogP contribution in [0.2, 0.25) is 0 Å². The summed E-state index contributed by atoms with van der Waals surface area (Å²) in [5, 5.41) is 3.09. The Labute approximate surface area is 171 Å². The normalized spacial score (nSPS) is 17.1. The molecule has 0 aromatic heterocycles. The molecule has 0 saturated carbocycles. The number of methoxy groups -OCH3 is 1. The molecule has 1 amide bonds. The van der Waals surface area contributed by atoms with Crippen molar-refractivity contribution in [1.29, 1.82) is 0 Å². The second kappa shape index (κ2) is 8.61. The van der Waals surface area contributed by atoms with Gasteiger partial charge in [-0.05, 0) is 36.8 Å². The fraction of sp³-hybridized carbons (Fsp3) is 0.409. The van der Waals surface area contributed by atoms with Gasteiger partial charge in [-0.2, -0.15) is 0 Å². The average Bonchev–Trinajstić information content (AvgIpc) is 3.22. The van der Waals surface area contributed by atoms with Crippen LogP contribution in [-0.2, 0) is 4.79 Å². The van der Waals surface area contributed by atoms with Gasteiger partial charge in [-0.1, -0.05) is 18.2 Å². The van der Waals surface area contributed by atoms with E-state index in [-0.39, 0.29) is 18.7 Å². The van der Waals surface area contributed by atoms with E-state index in [0.717, 1.165) is 54.7 Å². The Morgan fingerprint density at radius 3 is 2.66 bits per heavy atom. The summed E-state index contributed by atoms with van der Waals surface area (Å²) in [6.07, 6.45) is 0. The van der Waals surface area contributed by atoms with E-state index in [1.807, 2.05) is 43.3 Å². The lowest BCUT2D eigenvalue weighted by atomic mass is 10.1. The number of hydrogen-bond donors (Lipinski definition) is 1. The molecular weight excluding hydrogens is 370 g/mol. The highest BCUT2D eigenvalue weighted by Gasteiger charge is 2.22. The van der Waals surface area contributed by atoms with Crippen molar-refractivity contribution < 1.29 is 19.0 Å². The fourth-order valence-corrected chi connectivity index (χ4v) is 3.79. The summed E-state index contributed by atoms with van der Waals surface area (Å²) in [6.45, 7) is 6.04. The van der Waals surface area contributed by atoms with Gasteiger partial charge >= 0.3 is 0 Å². The van der Waals surface area contributed by atoms with Gasteiger partial charge in [0.15, 0.2) is 11.5 Å². The van der Waals surface area contributed by atoms with E-state index >= 15 is 0 Å². The third kappa shape index (κ3) is 4.40. The van der Waals surface area contributed by atoms with Gasteiger partial charge in [-0.3, -0.25) is 9.69 Å². The van der Waals surface area contributed by atoms with Crippen molar-refractivity contribution in [2.24, 2.45) is 0 Å². The summed E-state index contributed by atoms with van der Waals surface area (Å²) in [6, 6.07) is 13.7. The molecule has 7 heteroatoms. The summed E-state index contributed by atoms with van der Waals surface area (Å²) in [7, 11) is 1.70. The van der Waals surface area contributed by atoms with E-state index in [1.54, 1.807) is 7.11 Å². The molecule has 154 valence electrons. The maximum Gasteiger partial charge on any atom is 0.234 e. The fourth-order valence-electron chi connectivity index (χ4n) is 3.79. The summed E-state index contributed by atoms with van der Waals surface area (Å²) in [5.41, 5.74) is 2.11. The van der Waals surface area contributed by atoms with E-state index in [2.05, 4.69) is 21.2 Å². The lowest BCUT2D eigenvalue weighted by Crippen LogP contribution is -2.49. The number of para-hydroxylation sites is 2. The number of amides is 1. The number of nitrogens with zero attached hydrogens (tertiary/aromatic N) is 2. The Bertz CT molecular complexity index is 865. The monoisotopic (exact) mass is 397 g/mol. The van der Waals surface area contributed by atoms with Crippen LogP contribution < -0.4 is 24.4 Å².